The van der Waals surface area contributed by atoms with Gasteiger partial charge in [-0.2, -0.15) is 0 Å². The van der Waals surface area contributed by atoms with Gasteiger partial charge in [-0.15, -0.1) is 0 Å². The number of sulfone groups is 1. The van der Waals surface area contributed by atoms with E-state index in [0.29, 0.717) is 22.6 Å². The highest BCUT2D eigenvalue weighted by atomic mass is 32.2. The van der Waals surface area contributed by atoms with Crippen LogP contribution in [-0.2, 0) is 15.6 Å². The van der Waals surface area contributed by atoms with E-state index >= 15 is 0 Å². The smallest absolute Gasteiger partial charge is 0.251 e. The lowest BCUT2D eigenvalue weighted by Gasteiger charge is -2.30. The number of nitrogens with zero attached hydrogens (tertiary/aromatic N) is 1. The highest BCUT2D eigenvalue weighted by Crippen LogP contribution is 2.18. The fourth-order valence-corrected chi connectivity index (χ4v) is 5.14. The molecule has 0 aromatic heterocycles. The minimum Gasteiger partial charge on any atom is -0.352 e. The Balaban J connectivity index is 1.45. The van der Waals surface area contributed by atoms with Gasteiger partial charge >= 0.3 is 0 Å². The Morgan fingerprint density at radius 3 is 2.50 bits per heavy atom. The van der Waals surface area contributed by atoms with Gasteiger partial charge in [0.25, 0.3) is 5.91 Å². The molecule has 6 heteroatoms. The van der Waals surface area contributed by atoms with Gasteiger partial charge in [-0.05, 0) is 81.1 Å². The number of carbonyl (C=O) groups excluding carboxylic acids is 1. The number of benzene rings is 2. The van der Waals surface area contributed by atoms with Crippen LogP contribution in [-0.4, -0.2) is 45.4 Å². The molecule has 0 spiro atoms. The van der Waals surface area contributed by atoms with Gasteiger partial charge in [0.1, 0.15) is 0 Å². The number of hydrogen-bond acceptors (Lipinski definition) is 4. The number of carbonyl (C=O) groups is 1. The average molecular weight is 429 g/mol. The van der Waals surface area contributed by atoms with Crippen molar-refractivity contribution in [2.24, 2.45) is 5.92 Å². The van der Waals surface area contributed by atoms with Crippen LogP contribution in [0.1, 0.15) is 48.5 Å². The van der Waals surface area contributed by atoms with Crippen molar-refractivity contribution in [3.63, 3.8) is 0 Å². The summed E-state index contributed by atoms with van der Waals surface area (Å²) in [4.78, 5) is 15.3. The van der Waals surface area contributed by atoms with E-state index in [9.17, 15) is 13.2 Å². The third-order valence-corrected chi connectivity index (χ3v) is 7.41. The zero-order chi connectivity index (χ0) is 21.4. The first kappa shape index (κ1) is 22.5. The molecule has 1 aliphatic rings. The topological polar surface area (TPSA) is 66.5 Å². The van der Waals surface area contributed by atoms with Crippen molar-refractivity contribution in [1.82, 2.24) is 10.2 Å². The highest BCUT2D eigenvalue weighted by molar-refractivity contribution is 7.90. The van der Waals surface area contributed by atoms with Gasteiger partial charge < -0.3 is 10.2 Å². The molecule has 1 fully saturated rings. The molecule has 2 aromatic carbocycles. The molecular formula is C24H32N2O3S. The summed E-state index contributed by atoms with van der Waals surface area (Å²) in [6.07, 6.45) is 4.59. The van der Waals surface area contributed by atoms with E-state index in [4.69, 9.17) is 0 Å². The number of piperidine rings is 1. The molecule has 162 valence electrons. The van der Waals surface area contributed by atoms with Crippen LogP contribution in [0.2, 0.25) is 0 Å². The van der Waals surface area contributed by atoms with Crippen LogP contribution in [0.15, 0.2) is 59.5 Å². The second kappa shape index (κ2) is 10.7. The molecule has 30 heavy (non-hydrogen) atoms. The van der Waals surface area contributed by atoms with Crippen LogP contribution in [0.4, 0.5) is 0 Å². The Bertz CT molecular complexity index is 920. The van der Waals surface area contributed by atoms with E-state index in [0.717, 1.165) is 25.3 Å². The summed E-state index contributed by atoms with van der Waals surface area (Å²) in [5.41, 5.74) is 1.12. The molecule has 1 N–H and O–H groups in total. The van der Waals surface area contributed by atoms with Crippen LogP contribution in [0.3, 0.4) is 0 Å². The maximum atomic E-state index is 12.6. The zero-order valence-electron chi connectivity index (χ0n) is 17.7. The second-order valence-corrected chi connectivity index (χ2v) is 10.2. The van der Waals surface area contributed by atoms with Crippen molar-refractivity contribution >= 4 is 15.7 Å². The van der Waals surface area contributed by atoms with Crippen molar-refractivity contribution in [2.75, 3.05) is 26.2 Å². The molecule has 0 bridgehead atoms. The molecule has 1 aliphatic heterocycles. The van der Waals surface area contributed by atoms with Gasteiger partial charge in [0.05, 0.1) is 10.6 Å². The lowest BCUT2D eigenvalue weighted by molar-refractivity contribution is 0.0952. The fraction of sp³-hybridized carbons (Fsp3) is 0.458. The number of rotatable bonds is 9. The predicted molar refractivity (Wildman–Crippen MR) is 120 cm³/mol. The molecule has 3 rings (SSSR count). The summed E-state index contributed by atoms with van der Waals surface area (Å²) in [5.74, 6) is 0.576. The first-order chi connectivity index (χ1) is 14.4. The summed E-state index contributed by atoms with van der Waals surface area (Å²) >= 11 is 0. The Morgan fingerprint density at radius 2 is 1.77 bits per heavy atom. The summed E-state index contributed by atoms with van der Waals surface area (Å²) < 4.78 is 25.1. The standard InChI is InChI=1S/C24H32N2O3S/c1-20-12-16-26(17-13-20)15-6-5-14-25-24(27)22-9-7-8-21(18-22)19-30(28,29)23-10-3-2-4-11-23/h2-4,7-11,18,20H,5-6,12-17,19H2,1H3,(H,25,27). The summed E-state index contributed by atoms with van der Waals surface area (Å²) in [5, 5.41) is 2.96. The van der Waals surface area contributed by atoms with E-state index < -0.39 is 9.84 Å². The Morgan fingerprint density at radius 1 is 1.03 bits per heavy atom. The number of likely N-dealkylation sites (tertiary alicyclic amines) is 1. The van der Waals surface area contributed by atoms with E-state index in [2.05, 4.69) is 17.1 Å². The molecule has 0 saturated carbocycles. The van der Waals surface area contributed by atoms with Crippen molar-refractivity contribution < 1.29 is 13.2 Å². The van der Waals surface area contributed by atoms with Crippen LogP contribution in [0, 0.1) is 5.92 Å². The average Bonchev–Trinajstić information content (AvgIpc) is 2.75. The maximum absolute atomic E-state index is 12.6. The Labute approximate surface area is 180 Å². The first-order valence-corrected chi connectivity index (χ1v) is 12.5. The molecule has 5 nitrogen and oxygen atoms in total. The first-order valence-electron chi connectivity index (χ1n) is 10.8. The van der Waals surface area contributed by atoms with Gasteiger partial charge in [-0.1, -0.05) is 37.3 Å². The lowest BCUT2D eigenvalue weighted by Crippen LogP contribution is -2.34. The van der Waals surface area contributed by atoms with Gasteiger partial charge in [-0.3, -0.25) is 4.79 Å². The monoisotopic (exact) mass is 428 g/mol. The lowest BCUT2D eigenvalue weighted by atomic mass is 9.99. The molecule has 0 unspecified atom stereocenters. The van der Waals surface area contributed by atoms with E-state index in [-0.39, 0.29) is 11.7 Å². The third kappa shape index (κ3) is 6.67. The van der Waals surface area contributed by atoms with Crippen LogP contribution >= 0.6 is 0 Å². The number of nitrogens with one attached hydrogen (secondary N) is 1. The number of amides is 1. The maximum Gasteiger partial charge on any atom is 0.251 e. The van der Waals surface area contributed by atoms with Gasteiger partial charge in [-0.25, -0.2) is 8.42 Å². The molecule has 0 aliphatic carbocycles. The van der Waals surface area contributed by atoms with Gasteiger partial charge in [0.15, 0.2) is 9.84 Å². The minimum atomic E-state index is -3.43. The molecule has 1 amide bonds. The zero-order valence-corrected chi connectivity index (χ0v) is 18.5. The van der Waals surface area contributed by atoms with E-state index in [1.165, 1.54) is 25.9 Å². The molecule has 0 radical (unpaired) electrons. The summed E-state index contributed by atoms with van der Waals surface area (Å²) in [6.45, 7) is 6.42. The fourth-order valence-electron chi connectivity index (χ4n) is 3.78. The SMILES string of the molecule is CC1CCN(CCCCNC(=O)c2cccc(CS(=O)(=O)c3ccccc3)c2)CC1. The summed E-state index contributed by atoms with van der Waals surface area (Å²) in [7, 11) is -3.43. The van der Waals surface area contributed by atoms with E-state index in [1.54, 1.807) is 54.6 Å². The van der Waals surface area contributed by atoms with Crippen LogP contribution < -0.4 is 5.32 Å². The van der Waals surface area contributed by atoms with Crippen molar-refractivity contribution in [3.8, 4) is 0 Å². The normalized spacial score (nSPS) is 15.8. The quantitative estimate of drug-likeness (QED) is 0.615. The third-order valence-electron chi connectivity index (χ3n) is 5.71. The highest BCUT2D eigenvalue weighted by Gasteiger charge is 2.16. The van der Waals surface area contributed by atoms with Gasteiger partial charge in [0, 0.05) is 12.1 Å². The van der Waals surface area contributed by atoms with Crippen LogP contribution in [0.25, 0.3) is 0 Å². The molecular weight excluding hydrogens is 396 g/mol. The molecule has 1 heterocycles. The number of hydrogen-bond donors (Lipinski definition) is 1. The Hall–Kier alpha value is -2.18. The molecule has 1 saturated heterocycles. The van der Waals surface area contributed by atoms with Crippen LogP contribution in [0.5, 0.6) is 0 Å². The molecule has 0 atom stereocenters. The second-order valence-electron chi connectivity index (χ2n) is 8.26. The van der Waals surface area contributed by atoms with Gasteiger partial charge in [0.2, 0.25) is 0 Å². The van der Waals surface area contributed by atoms with E-state index in [1.807, 2.05) is 0 Å². The Kier molecular flexibility index (Phi) is 8.05. The number of unbranched alkanes of at least 4 members (excludes halogenated alkanes) is 1. The summed E-state index contributed by atoms with van der Waals surface area (Å²) in [6, 6.07) is 15.3. The molecule has 2 aromatic rings. The van der Waals surface area contributed by atoms with Crippen molar-refractivity contribution in [1.29, 1.82) is 0 Å². The predicted octanol–water partition coefficient (Wildman–Crippen LogP) is 3.90. The largest absolute Gasteiger partial charge is 0.352 e. The van der Waals surface area contributed by atoms with Crippen molar-refractivity contribution in [2.45, 2.75) is 43.3 Å². The van der Waals surface area contributed by atoms with Crippen molar-refractivity contribution in [3.05, 3.63) is 65.7 Å². The minimum absolute atomic E-state index is 0.118.